The molecule has 0 amide bonds. The molecule has 0 spiro atoms. The van der Waals surface area contributed by atoms with Crippen molar-refractivity contribution in [1.82, 2.24) is 0 Å². The summed E-state index contributed by atoms with van der Waals surface area (Å²) in [5.74, 6) is 0. The second-order valence-corrected chi connectivity index (χ2v) is 13.1. The molecule has 122 valence electrons. The van der Waals surface area contributed by atoms with Gasteiger partial charge in [-0.3, -0.25) is 0 Å². The molecule has 1 N–H and O–H groups in total. The standard InChI is InChI=1S/C19H30O2Si/c1-17(2,3)22(5,6)21-19(14-18(19,4)15-20)13-12-16-10-8-7-9-11-16/h7-13,20H,14-15H2,1-6H3/b13-12+/t18-,19+/m1/s1. The van der Waals surface area contributed by atoms with Crippen molar-refractivity contribution in [3.63, 3.8) is 0 Å². The van der Waals surface area contributed by atoms with Crippen LogP contribution in [-0.4, -0.2) is 25.6 Å². The molecule has 1 saturated carbocycles. The molecular formula is C19H30O2Si. The van der Waals surface area contributed by atoms with E-state index >= 15 is 0 Å². The first-order chi connectivity index (χ1) is 10.1. The Balaban J connectivity index is 2.26. The van der Waals surface area contributed by atoms with Crippen LogP contribution in [0.2, 0.25) is 18.1 Å². The fraction of sp³-hybridized carbons (Fsp3) is 0.579. The normalized spacial score (nSPS) is 29.0. The average Bonchev–Trinajstić information content (AvgIpc) is 3.01. The van der Waals surface area contributed by atoms with E-state index in [9.17, 15) is 5.11 Å². The van der Waals surface area contributed by atoms with Gasteiger partial charge < -0.3 is 9.53 Å². The molecule has 1 aliphatic carbocycles. The summed E-state index contributed by atoms with van der Waals surface area (Å²) < 4.78 is 6.72. The van der Waals surface area contributed by atoms with Crippen LogP contribution < -0.4 is 0 Å². The van der Waals surface area contributed by atoms with Gasteiger partial charge in [0.25, 0.3) is 0 Å². The van der Waals surface area contributed by atoms with Crippen molar-refractivity contribution >= 4 is 14.4 Å². The molecule has 2 rings (SSSR count). The molecule has 0 heterocycles. The van der Waals surface area contributed by atoms with E-state index in [4.69, 9.17) is 4.43 Å². The van der Waals surface area contributed by atoms with Gasteiger partial charge >= 0.3 is 0 Å². The summed E-state index contributed by atoms with van der Waals surface area (Å²) in [4.78, 5) is 0. The van der Waals surface area contributed by atoms with Gasteiger partial charge in [-0.2, -0.15) is 0 Å². The van der Waals surface area contributed by atoms with Crippen LogP contribution >= 0.6 is 0 Å². The van der Waals surface area contributed by atoms with Crippen LogP contribution in [0, 0.1) is 5.41 Å². The van der Waals surface area contributed by atoms with E-state index in [1.807, 2.05) is 18.2 Å². The topological polar surface area (TPSA) is 29.5 Å². The fourth-order valence-corrected chi connectivity index (χ4v) is 4.19. The largest absolute Gasteiger partial charge is 0.407 e. The molecule has 22 heavy (non-hydrogen) atoms. The molecule has 0 unspecified atom stereocenters. The lowest BCUT2D eigenvalue weighted by atomic mass is 10.0. The van der Waals surface area contributed by atoms with E-state index in [0.29, 0.717) is 0 Å². The maximum Gasteiger partial charge on any atom is 0.193 e. The summed E-state index contributed by atoms with van der Waals surface area (Å²) in [7, 11) is -1.88. The van der Waals surface area contributed by atoms with Crippen molar-refractivity contribution < 1.29 is 9.53 Å². The van der Waals surface area contributed by atoms with E-state index in [-0.39, 0.29) is 22.7 Å². The molecule has 1 fully saturated rings. The fourth-order valence-electron chi connectivity index (χ4n) is 2.58. The Hall–Kier alpha value is -0.903. The third kappa shape index (κ3) is 3.22. The Morgan fingerprint density at radius 3 is 2.27 bits per heavy atom. The minimum atomic E-state index is -1.88. The molecule has 1 aromatic rings. The van der Waals surface area contributed by atoms with Gasteiger partial charge in [0.15, 0.2) is 8.32 Å². The molecule has 2 nitrogen and oxygen atoms in total. The average molecular weight is 319 g/mol. The van der Waals surface area contributed by atoms with E-state index < -0.39 is 8.32 Å². The summed E-state index contributed by atoms with van der Waals surface area (Å²) in [5, 5.41) is 9.97. The predicted molar refractivity (Wildman–Crippen MR) is 96.3 cm³/mol. The molecule has 0 aromatic heterocycles. The Morgan fingerprint density at radius 2 is 1.82 bits per heavy atom. The number of hydrogen-bond donors (Lipinski definition) is 1. The lowest BCUT2D eigenvalue weighted by molar-refractivity contribution is 0.117. The lowest BCUT2D eigenvalue weighted by Gasteiger charge is -2.40. The molecule has 2 atom stereocenters. The van der Waals surface area contributed by atoms with Crippen LogP contribution in [0.4, 0.5) is 0 Å². The highest BCUT2D eigenvalue weighted by Gasteiger charge is 2.66. The van der Waals surface area contributed by atoms with Crippen LogP contribution in [0.15, 0.2) is 36.4 Å². The molecule has 3 heteroatoms. The van der Waals surface area contributed by atoms with Gasteiger partial charge in [0, 0.05) is 5.41 Å². The second kappa shape index (κ2) is 5.62. The zero-order valence-corrected chi connectivity index (χ0v) is 15.8. The van der Waals surface area contributed by atoms with Crippen molar-refractivity contribution in [3.8, 4) is 0 Å². The minimum absolute atomic E-state index is 0.159. The summed E-state index contributed by atoms with van der Waals surface area (Å²) in [6.07, 6.45) is 5.21. The maximum absolute atomic E-state index is 9.80. The summed E-state index contributed by atoms with van der Waals surface area (Å²) in [6, 6.07) is 10.3. The highest BCUT2D eigenvalue weighted by atomic mass is 28.4. The van der Waals surface area contributed by atoms with Crippen molar-refractivity contribution in [2.24, 2.45) is 5.41 Å². The molecular weight excluding hydrogens is 288 g/mol. The molecule has 1 aliphatic rings. The predicted octanol–water partition coefficient (Wildman–Crippen LogP) is 4.86. The molecule has 1 aromatic carbocycles. The van der Waals surface area contributed by atoms with E-state index in [0.717, 1.165) is 6.42 Å². The first kappa shape index (κ1) is 17.5. The third-order valence-electron chi connectivity index (χ3n) is 5.49. The van der Waals surface area contributed by atoms with Crippen molar-refractivity contribution in [1.29, 1.82) is 0 Å². The van der Waals surface area contributed by atoms with Crippen LogP contribution in [-0.2, 0) is 4.43 Å². The van der Waals surface area contributed by atoms with Gasteiger partial charge in [0.05, 0.1) is 12.2 Å². The van der Waals surface area contributed by atoms with Gasteiger partial charge in [-0.15, -0.1) is 0 Å². The van der Waals surface area contributed by atoms with E-state index in [1.165, 1.54) is 5.56 Å². The number of hydrogen-bond acceptors (Lipinski definition) is 2. The van der Waals surface area contributed by atoms with Crippen LogP contribution in [0.3, 0.4) is 0 Å². The lowest BCUT2D eigenvalue weighted by Crippen LogP contribution is -2.46. The highest BCUT2D eigenvalue weighted by molar-refractivity contribution is 6.74. The Morgan fingerprint density at radius 1 is 1.23 bits per heavy atom. The first-order valence-corrected chi connectivity index (χ1v) is 11.0. The van der Waals surface area contributed by atoms with Crippen molar-refractivity contribution in [2.75, 3.05) is 6.61 Å². The smallest absolute Gasteiger partial charge is 0.193 e. The number of aliphatic hydroxyl groups is 1. The Kier molecular flexibility index (Phi) is 4.46. The van der Waals surface area contributed by atoms with Crippen LogP contribution in [0.25, 0.3) is 6.08 Å². The molecule has 0 bridgehead atoms. The second-order valence-electron chi connectivity index (χ2n) is 8.39. The van der Waals surface area contributed by atoms with Crippen LogP contribution in [0.1, 0.15) is 39.7 Å². The van der Waals surface area contributed by atoms with E-state index in [2.05, 4.69) is 65.1 Å². The first-order valence-electron chi connectivity index (χ1n) is 8.11. The summed E-state index contributed by atoms with van der Waals surface area (Å²) >= 11 is 0. The van der Waals surface area contributed by atoms with E-state index in [1.54, 1.807) is 0 Å². The Labute approximate surface area is 136 Å². The minimum Gasteiger partial charge on any atom is -0.407 e. The summed E-state index contributed by atoms with van der Waals surface area (Å²) in [6.45, 7) is 13.6. The van der Waals surface area contributed by atoms with Crippen LogP contribution in [0.5, 0.6) is 0 Å². The zero-order valence-electron chi connectivity index (χ0n) is 14.8. The monoisotopic (exact) mass is 318 g/mol. The number of benzene rings is 1. The maximum atomic E-state index is 9.80. The zero-order chi connectivity index (χ0) is 16.6. The highest BCUT2D eigenvalue weighted by Crippen LogP contribution is 2.62. The van der Waals surface area contributed by atoms with Gasteiger partial charge in [-0.1, -0.05) is 70.2 Å². The number of aliphatic hydroxyl groups excluding tert-OH is 1. The molecule has 0 saturated heterocycles. The van der Waals surface area contributed by atoms with Crippen molar-refractivity contribution in [3.05, 3.63) is 42.0 Å². The SMILES string of the molecule is CC(C)(C)[Si](C)(C)O[C@@]1(/C=C/c2ccccc2)C[C@]1(C)CO. The van der Waals surface area contributed by atoms with Gasteiger partial charge in [-0.05, 0) is 30.1 Å². The Bertz CT molecular complexity index is 544. The molecule has 0 radical (unpaired) electrons. The quantitative estimate of drug-likeness (QED) is 0.785. The van der Waals surface area contributed by atoms with Crippen molar-refractivity contribution in [2.45, 2.75) is 57.8 Å². The van der Waals surface area contributed by atoms with Gasteiger partial charge in [0.2, 0.25) is 0 Å². The number of rotatable bonds is 5. The summed E-state index contributed by atoms with van der Waals surface area (Å²) in [5.41, 5.74) is 0.696. The third-order valence-corrected chi connectivity index (χ3v) is 9.97. The molecule has 0 aliphatic heterocycles. The van der Waals surface area contributed by atoms with Gasteiger partial charge in [-0.25, -0.2) is 0 Å². The van der Waals surface area contributed by atoms with Gasteiger partial charge in [0.1, 0.15) is 0 Å².